The molecule has 12 heteroatoms. The molecule has 1 unspecified atom stereocenters. The van der Waals surface area contributed by atoms with E-state index in [0.717, 1.165) is 18.4 Å². The zero-order chi connectivity index (χ0) is 45.4. The first-order chi connectivity index (χ1) is 29.3. The van der Waals surface area contributed by atoms with E-state index in [0.29, 0.717) is 64.3 Å². The lowest BCUT2D eigenvalue weighted by Gasteiger charge is -2.53. The number of aliphatic hydroxyl groups is 2. The minimum Gasteiger partial charge on any atom is -0.392 e. The summed E-state index contributed by atoms with van der Waals surface area (Å²) in [5.41, 5.74) is -0.784. The van der Waals surface area contributed by atoms with E-state index >= 15 is 0 Å². The van der Waals surface area contributed by atoms with Gasteiger partial charge in [0.1, 0.15) is 11.6 Å². The van der Waals surface area contributed by atoms with Crippen LogP contribution in [-0.2, 0) is 44.5 Å². The van der Waals surface area contributed by atoms with Gasteiger partial charge in [0.15, 0.2) is 5.79 Å². The Morgan fingerprint density at radius 1 is 0.903 bits per heavy atom. The van der Waals surface area contributed by atoms with Gasteiger partial charge in [0.05, 0.1) is 53.7 Å². The zero-order valence-corrected chi connectivity index (χ0v) is 39.0. The molecule has 0 radical (unpaired) electrons. The van der Waals surface area contributed by atoms with Gasteiger partial charge in [0.2, 0.25) is 17.5 Å². The van der Waals surface area contributed by atoms with Crippen LogP contribution in [0.5, 0.6) is 0 Å². The van der Waals surface area contributed by atoms with Crippen LogP contribution in [0.3, 0.4) is 0 Å². The molecule has 5 aliphatic rings. The van der Waals surface area contributed by atoms with E-state index in [1.165, 1.54) is 18.2 Å². The average Bonchev–Trinajstić information content (AvgIpc) is 3.60. The Bertz CT molecular complexity index is 1760. The third kappa shape index (κ3) is 9.68. The summed E-state index contributed by atoms with van der Waals surface area (Å²) < 4.78 is 47.0. The lowest BCUT2D eigenvalue weighted by Crippen LogP contribution is -2.62. The molecule has 4 fully saturated rings. The third-order valence-electron chi connectivity index (χ3n) is 15.9. The van der Waals surface area contributed by atoms with Crippen molar-refractivity contribution in [2.75, 3.05) is 6.54 Å². The van der Waals surface area contributed by atoms with Crippen LogP contribution in [0.25, 0.3) is 0 Å². The quantitative estimate of drug-likeness (QED) is 0.159. The van der Waals surface area contributed by atoms with Crippen LogP contribution >= 0.6 is 0 Å². The number of amides is 1. The molecule has 0 bridgehead atoms. The van der Waals surface area contributed by atoms with Crippen LogP contribution in [0.2, 0.25) is 0 Å². The maximum absolute atomic E-state index is 14.6. The van der Waals surface area contributed by atoms with Crippen LogP contribution in [0.4, 0.5) is 4.39 Å². The Morgan fingerprint density at radius 3 is 2.24 bits per heavy atom. The molecule has 5 heterocycles. The highest BCUT2D eigenvalue weighted by Crippen LogP contribution is 2.53. The number of carbonyl (C=O) groups is 3. The lowest BCUT2D eigenvalue weighted by atomic mass is 9.72. The minimum absolute atomic E-state index is 0.0173. The average molecular weight is 870 g/mol. The van der Waals surface area contributed by atoms with Crippen LogP contribution in [0, 0.1) is 47.2 Å². The van der Waals surface area contributed by atoms with Gasteiger partial charge in [0.25, 0.3) is 0 Å². The first kappa shape index (κ1) is 48.9. The molecule has 348 valence electrons. The fourth-order valence-corrected chi connectivity index (χ4v) is 11.5. The zero-order valence-electron chi connectivity index (χ0n) is 39.0. The summed E-state index contributed by atoms with van der Waals surface area (Å²) >= 11 is 0. The topological polar surface area (TPSA) is 150 Å². The number of benzene rings is 1. The van der Waals surface area contributed by atoms with Crippen molar-refractivity contribution >= 4 is 17.5 Å². The number of ketones is 2. The molecule has 17 atom stereocenters. The normalized spacial score (nSPS) is 39.9. The van der Waals surface area contributed by atoms with Gasteiger partial charge in [-0.3, -0.25) is 14.4 Å². The molecule has 3 N–H and O–H groups in total. The molecule has 6 rings (SSSR count). The molecule has 1 aromatic carbocycles. The van der Waals surface area contributed by atoms with Crippen LogP contribution in [-0.4, -0.2) is 93.6 Å². The number of hydrogen-bond acceptors (Lipinski definition) is 10. The molecule has 2 spiro atoms. The van der Waals surface area contributed by atoms with Gasteiger partial charge in [-0.25, -0.2) is 4.39 Å². The monoisotopic (exact) mass is 870 g/mol. The number of ether oxygens (including phenoxy) is 5. The molecule has 1 aromatic rings. The maximum atomic E-state index is 14.6. The first-order valence-corrected chi connectivity index (χ1v) is 23.8. The molecule has 11 nitrogen and oxygen atoms in total. The first-order valence-electron chi connectivity index (χ1n) is 23.8. The largest absolute Gasteiger partial charge is 0.392 e. The number of Topliss-reactive ketones (excluding diaryl/α,β-unsaturated/α-hetero) is 1. The highest BCUT2D eigenvalue weighted by Gasteiger charge is 2.63. The van der Waals surface area contributed by atoms with Gasteiger partial charge in [-0.2, -0.15) is 0 Å². The molecular weight excluding hydrogens is 794 g/mol. The number of carbonyl (C=O) groups excluding carboxylic acids is 3. The Morgan fingerprint density at radius 2 is 1.60 bits per heavy atom. The second-order valence-corrected chi connectivity index (χ2v) is 20.1. The summed E-state index contributed by atoms with van der Waals surface area (Å²) in [6.07, 6.45) is 6.76. The van der Waals surface area contributed by atoms with Gasteiger partial charge >= 0.3 is 0 Å². The summed E-state index contributed by atoms with van der Waals surface area (Å²) in [6, 6.07) is 6.28. The Kier molecular flexibility index (Phi) is 15.4. The number of halogens is 1. The second kappa shape index (κ2) is 19.5. The Hall–Kier alpha value is -2.58. The second-order valence-electron chi connectivity index (χ2n) is 20.1. The number of hydrogen-bond donors (Lipinski definition) is 3. The lowest BCUT2D eigenvalue weighted by molar-refractivity contribution is -0.378. The fourth-order valence-electron chi connectivity index (χ4n) is 11.5. The van der Waals surface area contributed by atoms with Gasteiger partial charge < -0.3 is 39.2 Å². The maximum Gasteiger partial charge on any atom is 0.236 e. The van der Waals surface area contributed by atoms with Gasteiger partial charge in [-0.1, -0.05) is 67.5 Å². The standard InChI is InChI=1S/C50H76FNO10/c1-11-37(46(56)52-27-22-35-15-17-36(51)18-16-35)39-19-14-29(4)44(59-39)33(8)42(54)32(7)43(55)38(12-2)45-30(5)28-31(6)49(60-45)24-20-40(53)50(62-49)26-25-47(10,61-50)41-21-23-48(57,13-3)34(9)58-41/h15-18,20,24,29-34,37-39,41-42,44-45,54,57H,11-14,19,21-23,25-28H2,1-10H3,(H,52,56)/t29-,30-,31+,32-,33-,34-,37+,38-,39+,41+,42+,44+,45?,47-,48+,49-,50-/m0/s1. The van der Waals surface area contributed by atoms with Crippen molar-refractivity contribution < 1.29 is 52.7 Å². The van der Waals surface area contributed by atoms with Crippen molar-refractivity contribution in [1.29, 1.82) is 0 Å². The van der Waals surface area contributed by atoms with Crippen molar-refractivity contribution in [1.82, 2.24) is 5.32 Å². The van der Waals surface area contributed by atoms with Crippen LogP contribution in [0.15, 0.2) is 36.4 Å². The van der Waals surface area contributed by atoms with Crippen molar-refractivity contribution in [3.8, 4) is 0 Å². The molecular formula is C50H76FNO10. The summed E-state index contributed by atoms with van der Waals surface area (Å²) in [4.78, 5) is 41.9. The van der Waals surface area contributed by atoms with Crippen molar-refractivity contribution in [2.24, 2.45) is 41.4 Å². The molecule has 0 aromatic heterocycles. The molecule has 0 aliphatic carbocycles. The van der Waals surface area contributed by atoms with Crippen molar-refractivity contribution in [3.63, 3.8) is 0 Å². The number of nitrogens with one attached hydrogen (secondary N) is 1. The summed E-state index contributed by atoms with van der Waals surface area (Å²) in [6.45, 7) is 20.2. The van der Waals surface area contributed by atoms with E-state index in [2.05, 4.69) is 19.2 Å². The van der Waals surface area contributed by atoms with E-state index in [-0.39, 0.29) is 71.4 Å². The smallest absolute Gasteiger partial charge is 0.236 e. The van der Waals surface area contributed by atoms with E-state index in [4.69, 9.17) is 23.7 Å². The fraction of sp³-hybridized carbons (Fsp3) is 0.780. The van der Waals surface area contributed by atoms with E-state index in [1.807, 2.05) is 48.5 Å². The molecule has 1 amide bonds. The highest BCUT2D eigenvalue weighted by molar-refractivity contribution is 5.97. The molecule has 0 saturated carbocycles. The molecule has 5 aliphatic heterocycles. The van der Waals surface area contributed by atoms with Gasteiger partial charge in [-0.15, -0.1) is 0 Å². The number of aliphatic hydroxyl groups excluding tert-OH is 1. The summed E-state index contributed by atoms with van der Waals surface area (Å²) in [7, 11) is 0. The van der Waals surface area contributed by atoms with E-state index in [1.54, 1.807) is 25.1 Å². The van der Waals surface area contributed by atoms with E-state index in [9.17, 15) is 29.0 Å². The van der Waals surface area contributed by atoms with E-state index < -0.39 is 52.7 Å². The minimum atomic E-state index is -1.57. The van der Waals surface area contributed by atoms with Crippen LogP contribution < -0.4 is 5.32 Å². The van der Waals surface area contributed by atoms with Gasteiger partial charge in [-0.05, 0) is 120 Å². The number of rotatable bonds is 15. The summed E-state index contributed by atoms with van der Waals surface area (Å²) in [5, 5.41) is 26.1. The highest BCUT2D eigenvalue weighted by atomic mass is 19.1. The Balaban J connectivity index is 1.11. The predicted octanol–water partition coefficient (Wildman–Crippen LogP) is 7.81. The Labute approximate surface area is 369 Å². The third-order valence-corrected chi connectivity index (χ3v) is 15.9. The predicted molar refractivity (Wildman–Crippen MR) is 233 cm³/mol. The molecule has 4 saturated heterocycles. The molecule has 62 heavy (non-hydrogen) atoms. The van der Waals surface area contributed by atoms with Crippen molar-refractivity contribution in [2.45, 2.75) is 199 Å². The van der Waals surface area contributed by atoms with Gasteiger partial charge in [0, 0.05) is 36.6 Å². The SMILES string of the molecule is CC[C@@H](C(=O)[C@@H](C)[C@@H](O)[C@H](C)[C@@H]1O[C@@H]([C@@H](CC)C(=O)NCCc2ccc(F)cc2)CC[C@@H]1C)C1O[C@]2(C=CC(=O)[C@]3(CC[C@@](C)([C@H]4CC[C@](O)(CC)[C@H](C)O4)O3)O2)[C@H](C)C[C@@H]1C. The summed E-state index contributed by atoms with van der Waals surface area (Å²) in [5.74, 6) is -5.75. The van der Waals surface area contributed by atoms with Crippen molar-refractivity contribution in [3.05, 3.63) is 47.8 Å². The van der Waals surface area contributed by atoms with Crippen LogP contribution in [0.1, 0.15) is 139 Å².